The largest absolute Gasteiger partial charge is 0.284 e. The van der Waals surface area contributed by atoms with Crippen LogP contribution in [0.25, 0.3) is 0 Å². The maximum Gasteiger partial charge on any atom is 0.232 e. The summed E-state index contributed by atoms with van der Waals surface area (Å²) in [6.07, 6.45) is 1.30. The van der Waals surface area contributed by atoms with Crippen molar-refractivity contribution in [2.24, 2.45) is 0 Å². The second kappa shape index (κ2) is 6.66. The van der Waals surface area contributed by atoms with Crippen molar-refractivity contribution in [3.63, 3.8) is 0 Å². The number of halogens is 2. The van der Waals surface area contributed by atoms with Gasteiger partial charge in [-0.25, -0.2) is 8.42 Å². The number of sulfonamides is 1. The van der Waals surface area contributed by atoms with Crippen LogP contribution in [0.4, 0.5) is 5.69 Å². The number of unbranched alkanes of at least 4 members (excludes halogenated alkanes) is 1. The quantitative estimate of drug-likeness (QED) is 0.473. The average molecular weight is 374 g/mol. The van der Waals surface area contributed by atoms with E-state index < -0.39 is 10.0 Å². The van der Waals surface area contributed by atoms with Crippen molar-refractivity contribution in [2.75, 3.05) is 16.4 Å². The highest BCUT2D eigenvalue weighted by atomic mass is 127. The third-order valence-corrected chi connectivity index (χ3v) is 4.21. The zero-order chi connectivity index (χ0) is 12.0. The van der Waals surface area contributed by atoms with Gasteiger partial charge in [0, 0.05) is 15.1 Å². The van der Waals surface area contributed by atoms with E-state index in [2.05, 4.69) is 27.3 Å². The molecule has 1 aromatic carbocycles. The van der Waals surface area contributed by atoms with E-state index in [0.29, 0.717) is 18.0 Å². The fourth-order valence-corrected chi connectivity index (χ4v) is 3.07. The van der Waals surface area contributed by atoms with Gasteiger partial charge in [-0.2, -0.15) is 0 Å². The first-order valence-corrected chi connectivity index (χ1v) is 8.12. The number of rotatable bonds is 6. The molecule has 0 radical (unpaired) electrons. The second-order valence-corrected chi connectivity index (χ2v) is 6.79. The third kappa shape index (κ3) is 5.36. The zero-order valence-corrected chi connectivity index (χ0v) is 12.3. The maximum atomic E-state index is 11.6. The molecule has 0 heterocycles. The van der Waals surface area contributed by atoms with Crippen LogP contribution in [-0.4, -0.2) is 20.1 Å². The summed E-state index contributed by atoms with van der Waals surface area (Å²) in [5.41, 5.74) is 0.609. The van der Waals surface area contributed by atoms with E-state index in [1.807, 2.05) is 12.1 Å². The van der Waals surface area contributed by atoms with Gasteiger partial charge in [-0.05, 0) is 53.6 Å². The first-order chi connectivity index (χ1) is 7.53. The molecule has 0 saturated heterocycles. The Morgan fingerprint density at radius 3 is 2.69 bits per heavy atom. The van der Waals surface area contributed by atoms with Crippen molar-refractivity contribution in [2.45, 2.75) is 12.8 Å². The van der Waals surface area contributed by atoms with Crippen LogP contribution in [0.3, 0.4) is 0 Å². The highest BCUT2D eigenvalue weighted by Gasteiger charge is 2.09. The lowest BCUT2D eigenvalue weighted by molar-refractivity contribution is 0.598. The smallest absolute Gasteiger partial charge is 0.232 e. The van der Waals surface area contributed by atoms with Crippen LogP contribution in [0.2, 0.25) is 0 Å². The van der Waals surface area contributed by atoms with Gasteiger partial charge in [-0.15, -0.1) is 11.6 Å². The van der Waals surface area contributed by atoms with Gasteiger partial charge >= 0.3 is 0 Å². The number of alkyl halides is 1. The molecular weight excluding hydrogens is 361 g/mol. The zero-order valence-electron chi connectivity index (χ0n) is 8.62. The van der Waals surface area contributed by atoms with Gasteiger partial charge in [0.2, 0.25) is 10.0 Å². The molecule has 0 saturated carbocycles. The number of nitrogens with one attached hydrogen (secondary N) is 1. The fraction of sp³-hybridized carbons (Fsp3) is 0.400. The normalized spacial score (nSPS) is 11.4. The van der Waals surface area contributed by atoms with E-state index >= 15 is 0 Å². The predicted octanol–water partition coefficient (Wildman–Crippen LogP) is 3.05. The van der Waals surface area contributed by atoms with Crippen molar-refractivity contribution in [3.8, 4) is 0 Å². The molecule has 0 bridgehead atoms. The number of benzene rings is 1. The molecule has 1 rings (SSSR count). The van der Waals surface area contributed by atoms with Crippen molar-refractivity contribution in [1.29, 1.82) is 0 Å². The van der Waals surface area contributed by atoms with E-state index in [1.54, 1.807) is 12.1 Å². The Hall–Kier alpha value is -0.0100. The highest BCUT2D eigenvalue weighted by molar-refractivity contribution is 14.1. The maximum absolute atomic E-state index is 11.6. The molecule has 1 N–H and O–H groups in total. The summed E-state index contributed by atoms with van der Waals surface area (Å²) in [5, 5.41) is 0. The first kappa shape index (κ1) is 14.1. The predicted molar refractivity (Wildman–Crippen MR) is 76.5 cm³/mol. The minimum Gasteiger partial charge on any atom is -0.284 e. The minimum atomic E-state index is -3.24. The molecule has 16 heavy (non-hydrogen) atoms. The van der Waals surface area contributed by atoms with Crippen LogP contribution < -0.4 is 4.72 Å². The summed E-state index contributed by atoms with van der Waals surface area (Å²) < 4.78 is 26.8. The van der Waals surface area contributed by atoms with Crippen LogP contribution in [-0.2, 0) is 10.0 Å². The van der Waals surface area contributed by atoms with Gasteiger partial charge < -0.3 is 0 Å². The minimum absolute atomic E-state index is 0.116. The standard InChI is InChI=1S/C10H13ClINO2S/c11-6-1-2-7-16(14,15)13-10-5-3-4-9(12)8-10/h3-5,8,13H,1-2,6-7H2. The molecule has 0 atom stereocenters. The molecule has 3 nitrogen and oxygen atoms in total. The third-order valence-electron chi connectivity index (χ3n) is 1.89. The van der Waals surface area contributed by atoms with Gasteiger partial charge in [0.1, 0.15) is 0 Å². The van der Waals surface area contributed by atoms with E-state index in [1.165, 1.54) is 0 Å². The van der Waals surface area contributed by atoms with Gasteiger partial charge in [0.05, 0.1) is 5.75 Å². The van der Waals surface area contributed by atoms with Crippen molar-refractivity contribution in [1.82, 2.24) is 0 Å². The molecule has 0 amide bonds. The van der Waals surface area contributed by atoms with E-state index in [-0.39, 0.29) is 5.75 Å². The lowest BCUT2D eigenvalue weighted by atomic mass is 10.3. The molecular formula is C10H13ClINO2S. The number of anilines is 1. The summed E-state index contributed by atoms with van der Waals surface area (Å²) in [6, 6.07) is 7.26. The number of hydrogen-bond donors (Lipinski definition) is 1. The molecule has 1 aromatic rings. The van der Waals surface area contributed by atoms with Gasteiger partial charge in [0.15, 0.2) is 0 Å². The molecule has 0 fully saturated rings. The van der Waals surface area contributed by atoms with E-state index in [0.717, 1.165) is 9.99 Å². The summed E-state index contributed by atoms with van der Waals surface area (Å²) in [5.74, 6) is 0.615. The summed E-state index contributed by atoms with van der Waals surface area (Å²) in [6.45, 7) is 0. The van der Waals surface area contributed by atoms with E-state index in [9.17, 15) is 8.42 Å². The lowest BCUT2D eigenvalue weighted by Crippen LogP contribution is -2.16. The number of hydrogen-bond acceptors (Lipinski definition) is 2. The molecule has 6 heteroatoms. The Balaban J connectivity index is 2.59. The van der Waals surface area contributed by atoms with Crippen molar-refractivity contribution in [3.05, 3.63) is 27.8 Å². The molecule has 0 aliphatic carbocycles. The Morgan fingerprint density at radius 1 is 1.31 bits per heavy atom. The van der Waals surface area contributed by atoms with Crippen LogP contribution in [0.5, 0.6) is 0 Å². The van der Waals surface area contributed by atoms with Crippen molar-refractivity contribution >= 4 is 49.9 Å². The van der Waals surface area contributed by atoms with Gasteiger partial charge in [-0.3, -0.25) is 4.72 Å². The lowest BCUT2D eigenvalue weighted by Gasteiger charge is -2.07. The van der Waals surface area contributed by atoms with Crippen molar-refractivity contribution < 1.29 is 8.42 Å². The fourth-order valence-electron chi connectivity index (χ4n) is 1.17. The van der Waals surface area contributed by atoms with Crippen LogP contribution in [0.15, 0.2) is 24.3 Å². The second-order valence-electron chi connectivity index (χ2n) is 3.33. The molecule has 0 aliphatic rings. The molecule has 0 aliphatic heterocycles. The van der Waals surface area contributed by atoms with E-state index in [4.69, 9.17) is 11.6 Å². The van der Waals surface area contributed by atoms with Crippen LogP contribution >= 0.6 is 34.2 Å². The highest BCUT2D eigenvalue weighted by Crippen LogP contribution is 2.14. The first-order valence-electron chi connectivity index (χ1n) is 4.85. The topological polar surface area (TPSA) is 46.2 Å². The Kier molecular flexibility index (Phi) is 5.85. The van der Waals surface area contributed by atoms with Gasteiger partial charge in [-0.1, -0.05) is 6.07 Å². The monoisotopic (exact) mass is 373 g/mol. The summed E-state index contributed by atoms with van der Waals surface area (Å²) in [4.78, 5) is 0. The average Bonchev–Trinajstić information content (AvgIpc) is 2.17. The van der Waals surface area contributed by atoms with Gasteiger partial charge in [0.25, 0.3) is 0 Å². The Bertz CT molecular complexity index is 436. The molecule has 0 aromatic heterocycles. The van der Waals surface area contributed by atoms with Crippen LogP contribution in [0.1, 0.15) is 12.8 Å². The SMILES string of the molecule is O=S(=O)(CCCCCl)Nc1cccc(I)c1. The molecule has 0 unspecified atom stereocenters. The van der Waals surface area contributed by atoms with Crippen LogP contribution in [0, 0.1) is 3.57 Å². The summed E-state index contributed by atoms with van der Waals surface area (Å²) in [7, 11) is -3.24. The molecule has 90 valence electrons. The Labute approximate surface area is 115 Å². The Morgan fingerprint density at radius 2 is 2.06 bits per heavy atom. The summed E-state index contributed by atoms with van der Waals surface area (Å²) >= 11 is 7.63. The molecule has 0 spiro atoms.